The van der Waals surface area contributed by atoms with Crippen molar-refractivity contribution in [1.29, 1.82) is 0 Å². The SMILES string of the molecule is CC(C)(C)OC(=O)N1CCC(C2=CC=CC[CH]2)C1. The molecule has 3 nitrogen and oxygen atoms in total. The smallest absolute Gasteiger partial charge is 0.410 e. The summed E-state index contributed by atoms with van der Waals surface area (Å²) in [6.45, 7) is 7.29. The number of amides is 1. The van der Waals surface area contributed by atoms with Gasteiger partial charge in [-0.15, -0.1) is 0 Å². The van der Waals surface area contributed by atoms with E-state index in [0.717, 1.165) is 25.9 Å². The maximum absolute atomic E-state index is 11.9. The fourth-order valence-corrected chi connectivity index (χ4v) is 2.36. The third-order valence-corrected chi connectivity index (χ3v) is 3.23. The molecule has 1 radical (unpaired) electrons. The molecule has 99 valence electrons. The van der Waals surface area contributed by atoms with Crippen molar-refractivity contribution in [3.8, 4) is 0 Å². The average Bonchev–Trinajstić information content (AvgIpc) is 2.77. The first kappa shape index (κ1) is 13.2. The fourth-order valence-electron chi connectivity index (χ4n) is 2.36. The van der Waals surface area contributed by atoms with E-state index in [4.69, 9.17) is 4.74 Å². The van der Waals surface area contributed by atoms with Gasteiger partial charge in [-0.3, -0.25) is 0 Å². The monoisotopic (exact) mass is 248 g/mol. The van der Waals surface area contributed by atoms with Crippen LogP contribution in [0.2, 0.25) is 0 Å². The molecule has 0 N–H and O–H groups in total. The second kappa shape index (κ2) is 5.17. The Balaban J connectivity index is 1.90. The van der Waals surface area contributed by atoms with E-state index in [1.807, 2.05) is 25.7 Å². The molecular formula is C15H22NO2. The molecule has 0 aromatic heterocycles. The summed E-state index contributed by atoms with van der Waals surface area (Å²) in [7, 11) is 0. The molecule has 0 bridgehead atoms. The van der Waals surface area contributed by atoms with Crippen LogP contribution in [-0.2, 0) is 4.74 Å². The van der Waals surface area contributed by atoms with Crippen molar-refractivity contribution in [2.45, 2.75) is 39.2 Å². The van der Waals surface area contributed by atoms with Gasteiger partial charge in [-0.05, 0) is 46.0 Å². The minimum Gasteiger partial charge on any atom is -0.444 e. The van der Waals surface area contributed by atoms with Gasteiger partial charge >= 0.3 is 6.09 Å². The summed E-state index contributed by atoms with van der Waals surface area (Å²) < 4.78 is 5.40. The molecule has 1 heterocycles. The first-order valence-electron chi connectivity index (χ1n) is 6.63. The summed E-state index contributed by atoms with van der Waals surface area (Å²) in [5.41, 5.74) is 0.956. The zero-order chi connectivity index (χ0) is 13.2. The molecule has 1 saturated heterocycles. The van der Waals surface area contributed by atoms with Crippen molar-refractivity contribution < 1.29 is 9.53 Å². The predicted octanol–water partition coefficient (Wildman–Crippen LogP) is 3.33. The Kier molecular flexibility index (Phi) is 3.79. The van der Waals surface area contributed by atoms with Crippen LogP contribution in [-0.4, -0.2) is 29.7 Å². The highest BCUT2D eigenvalue weighted by Gasteiger charge is 2.31. The van der Waals surface area contributed by atoms with Crippen LogP contribution in [0.5, 0.6) is 0 Å². The van der Waals surface area contributed by atoms with Crippen LogP contribution in [0.3, 0.4) is 0 Å². The van der Waals surface area contributed by atoms with Gasteiger partial charge in [0, 0.05) is 13.1 Å². The van der Waals surface area contributed by atoms with Crippen LogP contribution in [0.25, 0.3) is 0 Å². The predicted molar refractivity (Wildman–Crippen MR) is 72.1 cm³/mol. The Morgan fingerprint density at radius 2 is 2.22 bits per heavy atom. The summed E-state index contributed by atoms with van der Waals surface area (Å²) in [6.07, 6.45) is 10.5. The lowest BCUT2D eigenvalue weighted by Gasteiger charge is -2.24. The number of carbonyl (C=O) groups excluding carboxylic acids is 1. The molecular weight excluding hydrogens is 226 g/mol. The van der Waals surface area contributed by atoms with Gasteiger partial charge < -0.3 is 9.64 Å². The molecule has 3 heteroatoms. The summed E-state index contributed by atoms with van der Waals surface area (Å²) in [5, 5.41) is 0. The van der Waals surface area contributed by atoms with Crippen molar-refractivity contribution in [2.75, 3.05) is 13.1 Å². The summed E-state index contributed by atoms with van der Waals surface area (Å²) in [4.78, 5) is 13.8. The highest BCUT2D eigenvalue weighted by atomic mass is 16.6. The number of nitrogens with zero attached hydrogens (tertiary/aromatic N) is 1. The molecule has 1 amide bonds. The Morgan fingerprint density at radius 1 is 1.44 bits per heavy atom. The van der Waals surface area contributed by atoms with Crippen LogP contribution in [0.4, 0.5) is 4.79 Å². The number of ether oxygens (including phenoxy) is 1. The van der Waals surface area contributed by atoms with E-state index in [1.54, 1.807) is 0 Å². The molecule has 18 heavy (non-hydrogen) atoms. The van der Waals surface area contributed by atoms with Gasteiger partial charge in [-0.2, -0.15) is 0 Å². The largest absolute Gasteiger partial charge is 0.444 e. The van der Waals surface area contributed by atoms with Crippen LogP contribution in [0.15, 0.2) is 23.8 Å². The highest BCUT2D eigenvalue weighted by molar-refractivity contribution is 5.68. The van der Waals surface area contributed by atoms with Crippen molar-refractivity contribution in [1.82, 2.24) is 4.90 Å². The minimum atomic E-state index is -0.409. The molecule has 0 saturated carbocycles. The maximum Gasteiger partial charge on any atom is 0.410 e. The van der Waals surface area contributed by atoms with Crippen LogP contribution in [0, 0.1) is 12.3 Å². The molecule has 1 atom stereocenters. The molecule has 0 aromatic carbocycles. The van der Waals surface area contributed by atoms with Crippen molar-refractivity contribution in [2.24, 2.45) is 5.92 Å². The average molecular weight is 248 g/mol. The van der Waals surface area contributed by atoms with Crippen LogP contribution >= 0.6 is 0 Å². The lowest BCUT2D eigenvalue weighted by Crippen LogP contribution is -2.35. The normalized spacial score (nSPS) is 24.1. The number of likely N-dealkylation sites (tertiary alicyclic amines) is 1. The third-order valence-electron chi connectivity index (χ3n) is 3.23. The molecule has 0 spiro atoms. The second-order valence-electron chi connectivity index (χ2n) is 5.95. The van der Waals surface area contributed by atoms with Gasteiger partial charge in [0.1, 0.15) is 5.60 Å². The number of hydrogen-bond acceptors (Lipinski definition) is 2. The van der Waals surface area contributed by atoms with Gasteiger partial charge in [0.25, 0.3) is 0 Å². The second-order valence-corrected chi connectivity index (χ2v) is 5.95. The molecule has 1 fully saturated rings. The molecule has 1 aliphatic heterocycles. The lowest BCUT2D eigenvalue weighted by atomic mass is 9.91. The number of hydrogen-bond donors (Lipinski definition) is 0. The zero-order valence-electron chi connectivity index (χ0n) is 11.5. The third kappa shape index (κ3) is 3.37. The Hall–Kier alpha value is -1.25. The number of rotatable bonds is 1. The molecule has 1 unspecified atom stereocenters. The van der Waals surface area contributed by atoms with Gasteiger partial charge in [-0.25, -0.2) is 4.79 Å². The van der Waals surface area contributed by atoms with E-state index < -0.39 is 5.60 Å². The van der Waals surface area contributed by atoms with Gasteiger partial charge in [-0.1, -0.05) is 23.8 Å². The quantitative estimate of drug-likeness (QED) is 0.712. The fraction of sp³-hybridized carbons (Fsp3) is 0.600. The Morgan fingerprint density at radius 3 is 2.83 bits per heavy atom. The standard InChI is InChI=1S/C15H22NO2/c1-15(2,3)18-14(17)16-10-9-13(11-16)12-7-5-4-6-8-12/h4-5,7-8,13H,6,9-11H2,1-3H3. The maximum atomic E-state index is 11.9. The van der Waals surface area contributed by atoms with Crippen molar-refractivity contribution >= 4 is 6.09 Å². The molecule has 1 aliphatic carbocycles. The van der Waals surface area contributed by atoms with E-state index in [2.05, 4.69) is 24.6 Å². The molecule has 2 aliphatic rings. The minimum absolute atomic E-state index is 0.183. The van der Waals surface area contributed by atoms with Crippen LogP contribution < -0.4 is 0 Å². The zero-order valence-corrected chi connectivity index (χ0v) is 11.5. The van der Waals surface area contributed by atoms with Gasteiger partial charge in [0.2, 0.25) is 0 Å². The summed E-state index contributed by atoms with van der Waals surface area (Å²) in [6, 6.07) is 0. The van der Waals surface area contributed by atoms with Crippen LogP contribution in [0.1, 0.15) is 33.6 Å². The van der Waals surface area contributed by atoms with Crippen molar-refractivity contribution in [3.63, 3.8) is 0 Å². The number of allylic oxidation sites excluding steroid dienone is 3. The lowest BCUT2D eigenvalue weighted by molar-refractivity contribution is 0.0290. The van der Waals surface area contributed by atoms with Crippen molar-refractivity contribution in [3.05, 3.63) is 30.2 Å². The summed E-state index contributed by atoms with van der Waals surface area (Å²) >= 11 is 0. The first-order valence-corrected chi connectivity index (χ1v) is 6.63. The van der Waals surface area contributed by atoms with E-state index in [-0.39, 0.29) is 6.09 Å². The molecule has 2 rings (SSSR count). The van der Waals surface area contributed by atoms with Gasteiger partial charge in [0.15, 0.2) is 0 Å². The van der Waals surface area contributed by atoms with E-state index in [0.29, 0.717) is 5.92 Å². The topological polar surface area (TPSA) is 29.5 Å². The number of carbonyl (C=O) groups is 1. The Labute approximate surface area is 109 Å². The molecule has 0 aromatic rings. The first-order chi connectivity index (χ1) is 8.46. The van der Waals surface area contributed by atoms with E-state index >= 15 is 0 Å². The van der Waals surface area contributed by atoms with Gasteiger partial charge in [0.05, 0.1) is 0 Å². The summed E-state index contributed by atoms with van der Waals surface area (Å²) in [5.74, 6) is 0.475. The Bertz CT molecular complexity index is 376. The highest BCUT2D eigenvalue weighted by Crippen LogP contribution is 2.29. The van der Waals surface area contributed by atoms with E-state index in [1.165, 1.54) is 5.57 Å². The van der Waals surface area contributed by atoms with E-state index in [9.17, 15) is 4.79 Å².